The third-order valence-electron chi connectivity index (χ3n) is 5.88. The number of rotatable bonds is 9. The molecule has 180 valence electrons. The summed E-state index contributed by atoms with van der Waals surface area (Å²) < 4.78 is 5.48. The van der Waals surface area contributed by atoms with E-state index in [0.717, 1.165) is 22.3 Å². The highest BCUT2D eigenvalue weighted by Gasteiger charge is 2.30. The SMILES string of the molecule is O=C(O)CCC(NC(=O)OCC1c2ccccc2-c2ccccc21)C(=O)NCc1cccc(=O)[nH]1. The van der Waals surface area contributed by atoms with Crippen LogP contribution in [0.1, 0.15) is 35.6 Å². The summed E-state index contributed by atoms with van der Waals surface area (Å²) in [4.78, 5) is 50.3. The van der Waals surface area contributed by atoms with Gasteiger partial charge in [-0.05, 0) is 34.7 Å². The van der Waals surface area contributed by atoms with Crippen LogP contribution in [0, 0.1) is 0 Å². The summed E-state index contributed by atoms with van der Waals surface area (Å²) in [6.07, 6.45) is -1.24. The van der Waals surface area contributed by atoms with E-state index >= 15 is 0 Å². The lowest BCUT2D eigenvalue weighted by Crippen LogP contribution is -2.47. The molecule has 4 rings (SSSR count). The average Bonchev–Trinajstić information content (AvgIpc) is 3.17. The molecular weight excluding hydrogens is 450 g/mol. The number of aromatic nitrogens is 1. The Labute approximate surface area is 201 Å². The van der Waals surface area contributed by atoms with Gasteiger partial charge in [-0.3, -0.25) is 14.4 Å². The molecule has 1 heterocycles. The van der Waals surface area contributed by atoms with Gasteiger partial charge in [0.25, 0.3) is 0 Å². The van der Waals surface area contributed by atoms with Crippen molar-refractivity contribution in [3.05, 3.63) is 93.9 Å². The van der Waals surface area contributed by atoms with Crippen LogP contribution in [0.15, 0.2) is 71.5 Å². The standard InChI is InChI=1S/C26H25N3O6/c30-23-11-5-6-16(28-23)14-27-25(33)22(12-13-24(31)32)29-26(34)35-15-21-19-9-3-1-7-17(19)18-8-2-4-10-20(18)21/h1-11,21-22H,12-15H2,(H,27,33)(H,28,30)(H,29,34)(H,31,32). The number of benzene rings is 2. The number of hydrogen-bond donors (Lipinski definition) is 4. The second-order valence-corrected chi connectivity index (χ2v) is 8.21. The molecule has 1 atom stereocenters. The summed E-state index contributed by atoms with van der Waals surface area (Å²) >= 11 is 0. The number of carboxylic acid groups (broad SMARTS) is 1. The van der Waals surface area contributed by atoms with Gasteiger partial charge in [0.15, 0.2) is 0 Å². The number of ether oxygens (including phenoxy) is 1. The van der Waals surface area contributed by atoms with Crippen molar-refractivity contribution in [3.8, 4) is 11.1 Å². The first-order valence-corrected chi connectivity index (χ1v) is 11.2. The molecule has 4 N–H and O–H groups in total. The molecule has 1 aliphatic carbocycles. The minimum absolute atomic E-state index is 0.0187. The predicted molar refractivity (Wildman–Crippen MR) is 128 cm³/mol. The number of alkyl carbamates (subject to hydrolysis) is 1. The van der Waals surface area contributed by atoms with Crippen LogP contribution in [-0.4, -0.2) is 40.7 Å². The lowest BCUT2D eigenvalue weighted by molar-refractivity contribution is -0.137. The third-order valence-corrected chi connectivity index (χ3v) is 5.88. The Kier molecular flexibility index (Phi) is 7.25. The molecule has 9 nitrogen and oxygen atoms in total. The van der Waals surface area contributed by atoms with E-state index in [2.05, 4.69) is 15.6 Å². The fraction of sp³-hybridized carbons (Fsp3) is 0.231. The van der Waals surface area contributed by atoms with Crippen LogP contribution in [0.4, 0.5) is 4.79 Å². The van der Waals surface area contributed by atoms with Crippen molar-refractivity contribution in [2.45, 2.75) is 31.3 Å². The first-order chi connectivity index (χ1) is 16.9. The number of H-pyrrole nitrogens is 1. The van der Waals surface area contributed by atoms with Gasteiger partial charge in [-0.1, -0.05) is 54.6 Å². The fourth-order valence-electron chi connectivity index (χ4n) is 4.22. The molecule has 1 unspecified atom stereocenters. The van der Waals surface area contributed by atoms with Gasteiger partial charge >= 0.3 is 12.1 Å². The van der Waals surface area contributed by atoms with Gasteiger partial charge in [-0.2, -0.15) is 0 Å². The summed E-state index contributed by atoms with van der Waals surface area (Å²) in [5.41, 5.74) is 4.46. The second kappa shape index (κ2) is 10.7. The molecule has 9 heteroatoms. The van der Waals surface area contributed by atoms with Gasteiger partial charge in [-0.25, -0.2) is 4.79 Å². The van der Waals surface area contributed by atoms with Crippen molar-refractivity contribution in [3.63, 3.8) is 0 Å². The summed E-state index contributed by atoms with van der Waals surface area (Å²) in [6.45, 7) is 0.0865. The van der Waals surface area contributed by atoms with E-state index in [-0.39, 0.29) is 37.5 Å². The Bertz CT molecular complexity index is 1260. The number of carbonyl (C=O) groups is 3. The van der Waals surface area contributed by atoms with E-state index in [1.165, 1.54) is 6.07 Å². The molecule has 0 saturated heterocycles. The van der Waals surface area contributed by atoms with Gasteiger partial charge in [0.2, 0.25) is 11.5 Å². The highest BCUT2D eigenvalue weighted by atomic mass is 16.5. The Balaban J connectivity index is 1.39. The van der Waals surface area contributed by atoms with Crippen molar-refractivity contribution in [1.29, 1.82) is 0 Å². The quantitative estimate of drug-likeness (QED) is 0.376. The molecule has 0 saturated carbocycles. The molecule has 3 aromatic rings. The van der Waals surface area contributed by atoms with Crippen LogP contribution in [-0.2, 0) is 20.9 Å². The van der Waals surface area contributed by atoms with Crippen molar-refractivity contribution in [1.82, 2.24) is 15.6 Å². The lowest BCUT2D eigenvalue weighted by atomic mass is 9.98. The molecule has 0 aliphatic heterocycles. The highest BCUT2D eigenvalue weighted by molar-refractivity contribution is 5.86. The first-order valence-electron chi connectivity index (χ1n) is 11.2. The van der Waals surface area contributed by atoms with Crippen molar-refractivity contribution >= 4 is 18.0 Å². The zero-order valence-corrected chi connectivity index (χ0v) is 18.8. The zero-order chi connectivity index (χ0) is 24.8. The Morgan fingerprint density at radius 1 is 0.943 bits per heavy atom. The van der Waals surface area contributed by atoms with E-state index < -0.39 is 24.0 Å². The number of pyridine rings is 1. The highest BCUT2D eigenvalue weighted by Crippen LogP contribution is 2.44. The average molecular weight is 476 g/mol. The van der Waals surface area contributed by atoms with Crippen LogP contribution >= 0.6 is 0 Å². The van der Waals surface area contributed by atoms with Crippen LogP contribution in [0.3, 0.4) is 0 Å². The van der Waals surface area contributed by atoms with Gasteiger partial charge < -0.3 is 25.5 Å². The molecule has 2 amide bonds. The van der Waals surface area contributed by atoms with Crippen LogP contribution in [0.5, 0.6) is 0 Å². The normalized spacial score (nSPS) is 12.8. The largest absolute Gasteiger partial charge is 0.481 e. The number of carbonyl (C=O) groups excluding carboxylic acids is 2. The van der Waals surface area contributed by atoms with Crippen LogP contribution in [0.2, 0.25) is 0 Å². The molecule has 1 aliphatic rings. The molecule has 0 bridgehead atoms. The van der Waals surface area contributed by atoms with Crippen molar-refractivity contribution in [2.24, 2.45) is 0 Å². The summed E-state index contributed by atoms with van der Waals surface area (Å²) in [7, 11) is 0. The summed E-state index contributed by atoms with van der Waals surface area (Å²) in [6, 6.07) is 19.3. The van der Waals surface area contributed by atoms with E-state index in [1.807, 2.05) is 48.5 Å². The van der Waals surface area contributed by atoms with Crippen LogP contribution < -0.4 is 16.2 Å². The maximum Gasteiger partial charge on any atom is 0.407 e. The van der Waals surface area contributed by atoms with Crippen LogP contribution in [0.25, 0.3) is 11.1 Å². The van der Waals surface area contributed by atoms with Crippen molar-refractivity contribution < 1.29 is 24.2 Å². The summed E-state index contributed by atoms with van der Waals surface area (Å²) in [5, 5.41) is 14.1. The molecular formula is C26H25N3O6. The van der Waals surface area contributed by atoms with Crippen molar-refractivity contribution in [2.75, 3.05) is 6.61 Å². The molecule has 1 aromatic heterocycles. The Morgan fingerprint density at radius 3 is 2.23 bits per heavy atom. The minimum atomic E-state index is -1.11. The lowest BCUT2D eigenvalue weighted by Gasteiger charge is -2.19. The van der Waals surface area contributed by atoms with E-state index in [0.29, 0.717) is 5.69 Å². The third kappa shape index (κ3) is 5.75. The minimum Gasteiger partial charge on any atom is -0.481 e. The molecule has 0 radical (unpaired) electrons. The maximum atomic E-state index is 12.7. The first kappa shape index (κ1) is 23.7. The van der Waals surface area contributed by atoms with E-state index in [1.54, 1.807) is 12.1 Å². The Hall–Kier alpha value is -4.40. The number of carboxylic acids is 1. The summed E-state index contributed by atoms with van der Waals surface area (Å²) in [5.74, 6) is -1.82. The van der Waals surface area contributed by atoms with E-state index in [4.69, 9.17) is 9.84 Å². The van der Waals surface area contributed by atoms with Gasteiger partial charge in [0, 0.05) is 24.1 Å². The number of fused-ring (bicyclic) bond motifs is 3. The number of nitrogens with one attached hydrogen (secondary N) is 3. The zero-order valence-electron chi connectivity index (χ0n) is 18.8. The topological polar surface area (TPSA) is 138 Å². The number of hydrogen-bond acceptors (Lipinski definition) is 5. The van der Waals surface area contributed by atoms with Gasteiger partial charge in [-0.15, -0.1) is 0 Å². The maximum absolute atomic E-state index is 12.7. The molecule has 2 aromatic carbocycles. The smallest absolute Gasteiger partial charge is 0.407 e. The second-order valence-electron chi connectivity index (χ2n) is 8.21. The molecule has 35 heavy (non-hydrogen) atoms. The van der Waals surface area contributed by atoms with Gasteiger partial charge in [0.1, 0.15) is 12.6 Å². The predicted octanol–water partition coefficient (Wildman–Crippen LogP) is 2.76. The van der Waals surface area contributed by atoms with Gasteiger partial charge in [0.05, 0.1) is 6.54 Å². The number of aliphatic carboxylic acids is 1. The number of aromatic amines is 1. The Morgan fingerprint density at radius 2 is 1.60 bits per heavy atom. The fourth-order valence-corrected chi connectivity index (χ4v) is 4.22. The molecule has 0 fully saturated rings. The monoisotopic (exact) mass is 475 g/mol. The van der Waals surface area contributed by atoms with E-state index in [9.17, 15) is 19.2 Å². The number of amides is 2. The molecule has 0 spiro atoms.